The Bertz CT molecular complexity index is 635. The summed E-state index contributed by atoms with van der Waals surface area (Å²) in [6.07, 6.45) is 3.97. The number of imidazole rings is 1. The summed E-state index contributed by atoms with van der Waals surface area (Å²) >= 11 is 2.31. The molecule has 1 aliphatic carbocycles. The first kappa shape index (κ1) is 12.0. The third-order valence-electron chi connectivity index (χ3n) is 4.20. The van der Waals surface area contributed by atoms with Gasteiger partial charge in [0.25, 0.3) is 0 Å². The Kier molecular flexibility index (Phi) is 2.73. The van der Waals surface area contributed by atoms with E-state index in [4.69, 9.17) is 10.5 Å². The maximum Gasteiger partial charge on any atom is 0.201 e. The molecule has 0 radical (unpaired) electrons. The van der Waals surface area contributed by atoms with E-state index >= 15 is 0 Å². The van der Waals surface area contributed by atoms with Crippen molar-refractivity contribution in [2.45, 2.75) is 31.4 Å². The van der Waals surface area contributed by atoms with Gasteiger partial charge in [-0.25, -0.2) is 4.98 Å². The molecule has 0 spiro atoms. The third-order valence-corrected chi connectivity index (χ3v) is 4.87. The Labute approximate surface area is 125 Å². The van der Waals surface area contributed by atoms with Gasteiger partial charge in [-0.1, -0.05) is 0 Å². The number of halogens is 1. The van der Waals surface area contributed by atoms with E-state index in [1.54, 1.807) is 0 Å². The summed E-state index contributed by atoms with van der Waals surface area (Å²) in [4.78, 5) is 4.51. The maximum atomic E-state index is 6.16. The van der Waals surface area contributed by atoms with Gasteiger partial charge < -0.3 is 15.0 Å². The summed E-state index contributed by atoms with van der Waals surface area (Å²) < 4.78 is 9.32. The summed E-state index contributed by atoms with van der Waals surface area (Å²) in [6, 6.07) is 6.69. The van der Waals surface area contributed by atoms with Crippen LogP contribution in [0.25, 0.3) is 11.0 Å². The zero-order valence-corrected chi connectivity index (χ0v) is 12.7. The lowest BCUT2D eigenvalue weighted by Gasteiger charge is -2.21. The molecule has 2 aliphatic rings. The van der Waals surface area contributed by atoms with Gasteiger partial charge in [0.05, 0.1) is 23.2 Å². The lowest BCUT2D eigenvalue weighted by molar-refractivity contribution is 0.0762. The minimum atomic E-state index is 0.332. The van der Waals surface area contributed by atoms with Gasteiger partial charge in [-0.15, -0.1) is 0 Å². The standard InChI is InChI=1S/C14H16IN3O/c15-9-3-4-11-10(7-9)17-14(16)18(11)12-5-6-19-13(12)8-1-2-8/h3-4,7-8,12-13H,1-2,5-6H2,(H2,16,17). The number of hydrogen-bond donors (Lipinski definition) is 1. The number of benzene rings is 1. The highest BCUT2D eigenvalue weighted by Gasteiger charge is 2.42. The van der Waals surface area contributed by atoms with Crippen LogP contribution in [0, 0.1) is 9.49 Å². The number of aromatic nitrogens is 2. The van der Waals surface area contributed by atoms with E-state index in [0.29, 0.717) is 18.1 Å². The maximum absolute atomic E-state index is 6.16. The molecule has 1 saturated heterocycles. The molecule has 2 aromatic rings. The fourth-order valence-electron chi connectivity index (χ4n) is 3.19. The molecule has 5 heteroatoms. The highest BCUT2D eigenvalue weighted by Crippen LogP contribution is 2.44. The van der Waals surface area contributed by atoms with Crippen LogP contribution in [0.4, 0.5) is 5.95 Å². The van der Waals surface area contributed by atoms with Gasteiger partial charge in [0, 0.05) is 10.2 Å². The number of rotatable bonds is 2. The van der Waals surface area contributed by atoms with Gasteiger partial charge in [-0.3, -0.25) is 0 Å². The normalized spacial score (nSPS) is 27.2. The number of fused-ring (bicyclic) bond motifs is 1. The summed E-state index contributed by atoms with van der Waals surface area (Å²) in [5, 5.41) is 0. The highest BCUT2D eigenvalue weighted by molar-refractivity contribution is 14.1. The SMILES string of the molecule is Nc1nc2cc(I)ccc2n1C1CCOC1C1CC1. The number of anilines is 1. The average molecular weight is 369 g/mol. The Morgan fingerprint density at radius 3 is 2.95 bits per heavy atom. The quantitative estimate of drug-likeness (QED) is 0.829. The van der Waals surface area contributed by atoms with Crippen LogP contribution in [0.1, 0.15) is 25.3 Å². The number of hydrogen-bond acceptors (Lipinski definition) is 3. The second-order valence-corrected chi connectivity index (χ2v) is 6.75. The first-order valence-corrected chi connectivity index (χ1v) is 7.86. The van der Waals surface area contributed by atoms with Crippen molar-refractivity contribution in [1.29, 1.82) is 0 Å². The van der Waals surface area contributed by atoms with Crippen LogP contribution in [0.2, 0.25) is 0 Å². The summed E-state index contributed by atoms with van der Waals surface area (Å²) in [5.41, 5.74) is 8.29. The van der Waals surface area contributed by atoms with Gasteiger partial charge in [-0.2, -0.15) is 0 Å². The van der Waals surface area contributed by atoms with E-state index in [1.807, 2.05) is 0 Å². The molecule has 1 aromatic carbocycles. The number of nitrogen functional groups attached to an aromatic ring is 1. The molecule has 2 unspecified atom stereocenters. The molecule has 1 aliphatic heterocycles. The molecule has 19 heavy (non-hydrogen) atoms. The fraction of sp³-hybridized carbons (Fsp3) is 0.500. The van der Waals surface area contributed by atoms with Crippen LogP contribution >= 0.6 is 22.6 Å². The van der Waals surface area contributed by atoms with Crippen molar-refractivity contribution in [1.82, 2.24) is 9.55 Å². The molecule has 2 N–H and O–H groups in total. The van der Waals surface area contributed by atoms with Crippen molar-refractivity contribution in [3.8, 4) is 0 Å². The number of ether oxygens (including phenoxy) is 1. The number of nitrogens with two attached hydrogens (primary N) is 1. The van der Waals surface area contributed by atoms with Crippen LogP contribution in [0.5, 0.6) is 0 Å². The Morgan fingerprint density at radius 2 is 2.16 bits per heavy atom. The van der Waals surface area contributed by atoms with E-state index in [-0.39, 0.29) is 0 Å². The monoisotopic (exact) mass is 369 g/mol. The van der Waals surface area contributed by atoms with Crippen molar-refractivity contribution in [2.24, 2.45) is 5.92 Å². The topological polar surface area (TPSA) is 53.1 Å². The van der Waals surface area contributed by atoms with Gasteiger partial charge in [0.2, 0.25) is 5.95 Å². The largest absolute Gasteiger partial charge is 0.376 e. The molecular formula is C14H16IN3O. The lowest BCUT2D eigenvalue weighted by atomic mass is 10.1. The molecule has 4 rings (SSSR count). The van der Waals surface area contributed by atoms with Gasteiger partial charge in [0.1, 0.15) is 0 Å². The van der Waals surface area contributed by atoms with Crippen molar-refractivity contribution in [2.75, 3.05) is 12.3 Å². The predicted octanol–water partition coefficient (Wildman–Crippen LogP) is 2.96. The molecule has 2 heterocycles. The van der Waals surface area contributed by atoms with Crippen LogP contribution in [-0.2, 0) is 4.74 Å². The Hall–Kier alpha value is -0.820. The first-order valence-electron chi connectivity index (χ1n) is 6.78. The summed E-state index contributed by atoms with van der Waals surface area (Å²) in [6.45, 7) is 0.843. The molecule has 1 saturated carbocycles. The van der Waals surface area contributed by atoms with Crippen molar-refractivity contribution in [3.05, 3.63) is 21.8 Å². The summed E-state index contributed by atoms with van der Waals surface area (Å²) in [7, 11) is 0. The minimum Gasteiger partial charge on any atom is -0.376 e. The number of nitrogens with zero attached hydrogens (tertiary/aromatic N) is 2. The smallest absolute Gasteiger partial charge is 0.201 e. The molecule has 0 bridgehead atoms. The Morgan fingerprint density at radius 1 is 1.32 bits per heavy atom. The van der Waals surface area contributed by atoms with Gasteiger partial charge >= 0.3 is 0 Å². The predicted molar refractivity (Wildman–Crippen MR) is 83.0 cm³/mol. The third kappa shape index (κ3) is 1.94. The molecule has 0 amide bonds. The molecular weight excluding hydrogens is 353 g/mol. The first-order chi connectivity index (χ1) is 9.24. The van der Waals surface area contributed by atoms with E-state index in [9.17, 15) is 0 Å². The van der Waals surface area contributed by atoms with E-state index in [0.717, 1.165) is 30.0 Å². The highest BCUT2D eigenvalue weighted by atomic mass is 127. The zero-order valence-electron chi connectivity index (χ0n) is 10.6. The fourth-order valence-corrected chi connectivity index (χ4v) is 3.67. The van der Waals surface area contributed by atoms with Gasteiger partial charge in [0.15, 0.2) is 0 Å². The minimum absolute atomic E-state index is 0.332. The lowest BCUT2D eigenvalue weighted by Crippen LogP contribution is -2.23. The molecule has 100 valence electrons. The van der Waals surface area contributed by atoms with E-state index < -0.39 is 0 Å². The molecule has 2 atom stereocenters. The van der Waals surface area contributed by atoms with Crippen molar-refractivity contribution in [3.63, 3.8) is 0 Å². The van der Waals surface area contributed by atoms with E-state index in [1.165, 1.54) is 16.4 Å². The van der Waals surface area contributed by atoms with Crippen LogP contribution in [0.15, 0.2) is 18.2 Å². The van der Waals surface area contributed by atoms with Crippen molar-refractivity contribution >= 4 is 39.6 Å². The van der Waals surface area contributed by atoms with Crippen LogP contribution in [0.3, 0.4) is 0 Å². The average Bonchev–Trinajstić information content (AvgIpc) is 3.02. The van der Waals surface area contributed by atoms with Crippen molar-refractivity contribution < 1.29 is 4.74 Å². The molecule has 1 aromatic heterocycles. The van der Waals surface area contributed by atoms with E-state index in [2.05, 4.69) is 50.3 Å². The molecule has 4 nitrogen and oxygen atoms in total. The zero-order chi connectivity index (χ0) is 13.0. The Balaban J connectivity index is 1.83. The summed E-state index contributed by atoms with van der Waals surface area (Å²) in [5.74, 6) is 1.35. The van der Waals surface area contributed by atoms with Gasteiger partial charge in [-0.05, 0) is 66.0 Å². The second kappa shape index (κ2) is 4.34. The molecule has 2 fully saturated rings. The van der Waals surface area contributed by atoms with Crippen LogP contribution in [-0.4, -0.2) is 22.3 Å². The van der Waals surface area contributed by atoms with Crippen LogP contribution < -0.4 is 5.73 Å². The second-order valence-electron chi connectivity index (χ2n) is 5.50.